The van der Waals surface area contributed by atoms with Crippen LogP contribution in [0.2, 0.25) is 0 Å². The van der Waals surface area contributed by atoms with Crippen LogP contribution in [0.4, 0.5) is 10.1 Å². The Hall–Kier alpha value is -2.44. The first-order chi connectivity index (χ1) is 15.7. The van der Waals surface area contributed by atoms with Crippen LogP contribution in [0.15, 0.2) is 51.9 Å². The normalized spacial score (nSPS) is 15.6. The highest BCUT2D eigenvalue weighted by atomic mass is 79.9. The summed E-state index contributed by atoms with van der Waals surface area (Å²) >= 11 is 4.76. The van der Waals surface area contributed by atoms with Gasteiger partial charge in [0.1, 0.15) is 5.82 Å². The van der Waals surface area contributed by atoms with Crippen molar-refractivity contribution in [2.24, 2.45) is 4.99 Å². The van der Waals surface area contributed by atoms with Crippen molar-refractivity contribution in [1.29, 1.82) is 0 Å². The molecule has 0 fully saturated rings. The van der Waals surface area contributed by atoms with Gasteiger partial charge in [0.25, 0.3) is 5.91 Å². The van der Waals surface area contributed by atoms with Crippen LogP contribution in [-0.4, -0.2) is 44.0 Å². The van der Waals surface area contributed by atoms with Crippen LogP contribution in [0.25, 0.3) is 0 Å². The number of carbonyl (C=O) groups is 2. The Bertz CT molecular complexity index is 1170. The Balaban J connectivity index is 1.70. The minimum Gasteiger partial charge on any atom is -0.359 e. The lowest BCUT2D eigenvalue weighted by atomic mass is 10.1. The van der Waals surface area contributed by atoms with Gasteiger partial charge in [-0.2, -0.15) is 0 Å². The number of nitrogens with one attached hydrogen (secondary N) is 3. The van der Waals surface area contributed by atoms with Crippen LogP contribution < -0.4 is 15.4 Å². The van der Waals surface area contributed by atoms with E-state index in [-0.39, 0.29) is 41.8 Å². The Morgan fingerprint density at radius 2 is 1.94 bits per heavy atom. The first-order valence-corrected chi connectivity index (χ1v) is 13.4. The van der Waals surface area contributed by atoms with E-state index in [2.05, 4.69) is 36.3 Å². The molecule has 2 aromatic carbocycles. The molecule has 0 saturated heterocycles. The van der Waals surface area contributed by atoms with Gasteiger partial charge in [0.15, 0.2) is 5.17 Å². The number of thioether (sulfide) groups is 1. The fraction of sp³-hybridized carbons (Fsp3) is 0.286. The van der Waals surface area contributed by atoms with Crippen molar-refractivity contribution in [3.63, 3.8) is 0 Å². The Morgan fingerprint density at radius 1 is 1.21 bits per heavy atom. The third kappa shape index (κ3) is 7.27. The van der Waals surface area contributed by atoms with Gasteiger partial charge in [-0.05, 0) is 42.3 Å². The SMILES string of the molecule is CNC(=O)CCCS(=O)(=O)Nc1cc(F)ccc1C(=O)NC1=NC(c2ccc(Br)cc2)CS1. The molecule has 0 saturated carbocycles. The number of sulfonamides is 1. The molecular weight excluding hydrogens is 535 g/mol. The molecule has 8 nitrogen and oxygen atoms in total. The summed E-state index contributed by atoms with van der Waals surface area (Å²) in [7, 11) is -2.44. The molecule has 0 aromatic heterocycles. The molecule has 176 valence electrons. The number of carbonyl (C=O) groups excluding carboxylic acids is 2. The summed E-state index contributed by atoms with van der Waals surface area (Å²) in [6.07, 6.45) is 0.112. The van der Waals surface area contributed by atoms with Gasteiger partial charge in [-0.25, -0.2) is 12.8 Å². The average Bonchev–Trinajstić information content (AvgIpc) is 3.22. The van der Waals surface area contributed by atoms with Crippen molar-refractivity contribution in [2.75, 3.05) is 23.3 Å². The predicted molar refractivity (Wildman–Crippen MR) is 131 cm³/mol. The number of benzene rings is 2. The van der Waals surface area contributed by atoms with Gasteiger partial charge in [0, 0.05) is 23.7 Å². The maximum absolute atomic E-state index is 13.8. The van der Waals surface area contributed by atoms with Crippen molar-refractivity contribution < 1.29 is 22.4 Å². The van der Waals surface area contributed by atoms with Gasteiger partial charge in [-0.1, -0.05) is 39.8 Å². The molecule has 12 heteroatoms. The van der Waals surface area contributed by atoms with Crippen LogP contribution >= 0.6 is 27.7 Å². The molecule has 1 aliphatic heterocycles. The van der Waals surface area contributed by atoms with Crippen molar-refractivity contribution in [2.45, 2.75) is 18.9 Å². The van der Waals surface area contributed by atoms with Gasteiger partial charge in [-0.3, -0.25) is 19.3 Å². The number of anilines is 1. The molecule has 0 aliphatic carbocycles. The number of hydrogen-bond donors (Lipinski definition) is 3. The maximum atomic E-state index is 13.8. The van der Waals surface area contributed by atoms with E-state index < -0.39 is 21.7 Å². The van der Waals surface area contributed by atoms with Gasteiger partial charge in [-0.15, -0.1) is 0 Å². The highest BCUT2D eigenvalue weighted by Gasteiger charge is 2.24. The van der Waals surface area contributed by atoms with E-state index in [4.69, 9.17) is 0 Å². The van der Waals surface area contributed by atoms with Crippen molar-refractivity contribution in [1.82, 2.24) is 10.6 Å². The second-order valence-electron chi connectivity index (χ2n) is 7.15. The average molecular weight is 557 g/mol. The molecule has 3 rings (SSSR count). The van der Waals surface area contributed by atoms with Crippen molar-refractivity contribution >= 4 is 60.4 Å². The van der Waals surface area contributed by atoms with E-state index in [0.29, 0.717) is 10.9 Å². The smallest absolute Gasteiger partial charge is 0.259 e. The Kier molecular flexibility index (Phi) is 8.49. The standard InChI is InChI=1S/C21H22BrFN4O4S2/c1-24-19(28)3-2-10-33(30,31)27-17-11-15(23)8-9-16(17)20(29)26-21-25-18(12-32-21)13-4-6-14(22)7-5-13/h4-9,11,18,27H,2-3,10,12H2,1H3,(H,24,28)(H,25,26,29). The molecule has 1 heterocycles. The lowest BCUT2D eigenvalue weighted by molar-refractivity contribution is -0.120. The number of nitrogens with zero attached hydrogens (tertiary/aromatic N) is 1. The molecule has 0 radical (unpaired) electrons. The quantitative estimate of drug-likeness (QED) is 0.460. The van der Waals surface area contributed by atoms with E-state index in [1.54, 1.807) is 0 Å². The highest BCUT2D eigenvalue weighted by molar-refractivity contribution is 9.10. The second kappa shape index (κ2) is 11.1. The van der Waals surface area contributed by atoms with Crippen LogP contribution in [0.3, 0.4) is 0 Å². The Morgan fingerprint density at radius 3 is 2.64 bits per heavy atom. The number of aliphatic imine (C=N–C) groups is 1. The van der Waals surface area contributed by atoms with E-state index >= 15 is 0 Å². The molecule has 1 aliphatic rings. The Labute approximate surface area is 204 Å². The summed E-state index contributed by atoms with van der Waals surface area (Å²) in [5.74, 6) is -1.30. The zero-order chi connectivity index (χ0) is 24.0. The largest absolute Gasteiger partial charge is 0.359 e. The fourth-order valence-electron chi connectivity index (χ4n) is 3.03. The van der Waals surface area contributed by atoms with Gasteiger partial charge in [0.05, 0.1) is 23.0 Å². The number of rotatable bonds is 8. The van der Waals surface area contributed by atoms with Gasteiger partial charge in [0.2, 0.25) is 15.9 Å². The summed E-state index contributed by atoms with van der Waals surface area (Å²) in [5, 5.41) is 5.48. The third-order valence-corrected chi connectivity index (χ3v) is 7.56. The fourth-order valence-corrected chi connectivity index (χ4v) is 5.37. The number of halogens is 2. The number of hydrogen-bond acceptors (Lipinski definition) is 6. The topological polar surface area (TPSA) is 117 Å². The van der Waals surface area contributed by atoms with Crippen LogP contribution in [-0.2, 0) is 14.8 Å². The summed E-state index contributed by atoms with van der Waals surface area (Å²) in [6.45, 7) is 0. The number of amides is 2. The van der Waals surface area contributed by atoms with Crippen molar-refractivity contribution in [3.8, 4) is 0 Å². The molecule has 33 heavy (non-hydrogen) atoms. The monoisotopic (exact) mass is 556 g/mol. The molecule has 2 amide bonds. The van der Waals surface area contributed by atoms with E-state index in [1.807, 2.05) is 24.3 Å². The lowest BCUT2D eigenvalue weighted by Gasteiger charge is -2.13. The molecule has 1 atom stereocenters. The zero-order valence-electron chi connectivity index (χ0n) is 17.6. The van der Waals surface area contributed by atoms with Crippen LogP contribution in [0.1, 0.15) is 34.8 Å². The van der Waals surface area contributed by atoms with Crippen LogP contribution in [0.5, 0.6) is 0 Å². The minimum atomic E-state index is -3.90. The third-order valence-electron chi connectivity index (χ3n) is 4.71. The molecule has 2 aromatic rings. The van der Waals surface area contributed by atoms with Gasteiger partial charge >= 0.3 is 0 Å². The summed E-state index contributed by atoms with van der Waals surface area (Å²) in [6, 6.07) is 10.8. The minimum absolute atomic E-state index is 0.0322. The predicted octanol–water partition coefficient (Wildman–Crippen LogP) is 3.43. The van der Waals surface area contributed by atoms with E-state index in [9.17, 15) is 22.4 Å². The van der Waals surface area contributed by atoms with Crippen LogP contribution in [0, 0.1) is 5.82 Å². The van der Waals surface area contributed by atoms with E-state index in [1.165, 1.54) is 24.9 Å². The maximum Gasteiger partial charge on any atom is 0.259 e. The number of amidine groups is 1. The molecule has 0 spiro atoms. The van der Waals surface area contributed by atoms with Gasteiger partial charge < -0.3 is 10.6 Å². The summed E-state index contributed by atoms with van der Waals surface area (Å²) in [5.41, 5.74) is 0.782. The lowest BCUT2D eigenvalue weighted by Crippen LogP contribution is -2.29. The molecule has 0 bridgehead atoms. The zero-order valence-corrected chi connectivity index (χ0v) is 20.8. The second-order valence-corrected chi connectivity index (χ2v) is 10.9. The molecular formula is C21H22BrFN4O4S2. The molecule has 1 unspecified atom stereocenters. The summed E-state index contributed by atoms with van der Waals surface area (Å²) in [4.78, 5) is 28.6. The van der Waals surface area contributed by atoms with E-state index in [0.717, 1.165) is 22.2 Å². The molecule has 3 N–H and O–H groups in total. The highest BCUT2D eigenvalue weighted by Crippen LogP contribution is 2.30. The first kappa shape index (κ1) is 25.2. The summed E-state index contributed by atoms with van der Waals surface area (Å²) < 4.78 is 41.8. The first-order valence-electron chi connectivity index (χ1n) is 9.95. The van der Waals surface area contributed by atoms with Crippen molar-refractivity contribution in [3.05, 3.63) is 63.9 Å².